The molecule has 0 saturated heterocycles. The number of anilines is 1. The van der Waals surface area contributed by atoms with Gasteiger partial charge in [-0.2, -0.15) is 16.9 Å². The summed E-state index contributed by atoms with van der Waals surface area (Å²) in [5.74, 6) is 1.35. The second-order valence-corrected chi connectivity index (χ2v) is 5.72. The SMILES string of the molecule is CSCC(=O)Nc1c2c(nn1-c1ccccc1)CCC2. The second-order valence-electron chi connectivity index (χ2n) is 4.86. The molecule has 0 unspecified atom stereocenters. The van der Waals surface area contributed by atoms with E-state index in [9.17, 15) is 4.79 Å². The monoisotopic (exact) mass is 287 g/mol. The van der Waals surface area contributed by atoms with E-state index in [0.29, 0.717) is 5.75 Å². The fourth-order valence-corrected chi connectivity index (χ4v) is 2.91. The van der Waals surface area contributed by atoms with Gasteiger partial charge in [0.05, 0.1) is 17.1 Å². The quantitative estimate of drug-likeness (QED) is 0.940. The molecule has 0 atom stereocenters. The van der Waals surface area contributed by atoms with Gasteiger partial charge in [0.1, 0.15) is 5.82 Å². The highest BCUT2D eigenvalue weighted by molar-refractivity contribution is 7.99. The van der Waals surface area contributed by atoms with Crippen LogP contribution in [0.25, 0.3) is 5.69 Å². The molecule has 0 radical (unpaired) electrons. The first kappa shape index (κ1) is 13.2. The highest BCUT2D eigenvalue weighted by Gasteiger charge is 2.23. The Morgan fingerprint density at radius 2 is 2.15 bits per heavy atom. The number of fused-ring (bicyclic) bond motifs is 1. The van der Waals surface area contributed by atoms with Crippen molar-refractivity contribution in [2.45, 2.75) is 19.3 Å². The molecule has 1 aliphatic carbocycles. The second kappa shape index (κ2) is 5.71. The molecule has 2 aromatic rings. The van der Waals surface area contributed by atoms with Crippen LogP contribution < -0.4 is 5.32 Å². The van der Waals surface area contributed by atoms with Gasteiger partial charge in [-0.3, -0.25) is 4.79 Å². The maximum Gasteiger partial charge on any atom is 0.235 e. The number of carbonyl (C=O) groups is 1. The molecule has 0 fully saturated rings. The van der Waals surface area contributed by atoms with Gasteiger partial charge in [0.25, 0.3) is 0 Å². The van der Waals surface area contributed by atoms with Gasteiger partial charge in [0.15, 0.2) is 0 Å². The van der Waals surface area contributed by atoms with Crippen molar-refractivity contribution >= 4 is 23.5 Å². The zero-order chi connectivity index (χ0) is 13.9. The molecule has 20 heavy (non-hydrogen) atoms. The van der Waals surface area contributed by atoms with E-state index >= 15 is 0 Å². The zero-order valence-corrected chi connectivity index (χ0v) is 12.2. The number of para-hydroxylation sites is 1. The Morgan fingerprint density at radius 1 is 1.35 bits per heavy atom. The highest BCUT2D eigenvalue weighted by Crippen LogP contribution is 2.30. The molecule has 5 heteroatoms. The highest BCUT2D eigenvalue weighted by atomic mass is 32.2. The molecule has 1 N–H and O–H groups in total. The predicted octanol–water partition coefficient (Wildman–Crippen LogP) is 2.66. The van der Waals surface area contributed by atoms with E-state index in [1.807, 2.05) is 41.3 Å². The molecular formula is C15H17N3OS. The fraction of sp³-hybridized carbons (Fsp3) is 0.333. The van der Waals surface area contributed by atoms with Crippen molar-refractivity contribution in [1.29, 1.82) is 0 Å². The Balaban J connectivity index is 2.00. The van der Waals surface area contributed by atoms with Gasteiger partial charge >= 0.3 is 0 Å². The van der Waals surface area contributed by atoms with Crippen LogP contribution in [0.4, 0.5) is 5.82 Å². The molecule has 1 aromatic heterocycles. The number of benzene rings is 1. The number of thioether (sulfide) groups is 1. The van der Waals surface area contributed by atoms with Crippen molar-refractivity contribution in [3.8, 4) is 5.69 Å². The molecule has 0 saturated carbocycles. The number of aryl methyl sites for hydroxylation is 1. The Kier molecular flexibility index (Phi) is 3.78. The van der Waals surface area contributed by atoms with Crippen LogP contribution in [0.3, 0.4) is 0 Å². The molecule has 1 aromatic carbocycles. The van der Waals surface area contributed by atoms with E-state index < -0.39 is 0 Å². The summed E-state index contributed by atoms with van der Waals surface area (Å²) in [6.45, 7) is 0. The van der Waals surface area contributed by atoms with Crippen molar-refractivity contribution in [3.05, 3.63) is 41.6 Å². The van der Waals surface area contributed by atoms with E-state index in [0.717, 1.165) is 36.5 Å². The van der Waals surface area contributed by atoms with Gasteiger partial charge < -0.3 is 5.32 Å². The maximum absolute atomic E-state index is 11.9. The number of hydrogen-bond donors (Lipinski definition) is 1. The van der Waals surface area contributed by atoms with Crippen molar-refractivity contribution in [2.24, 2.45) is 0 Å². The van der Waals surface area contributed by atoms with E-state index in [4.69, 9.17) is 0 Å². The minimum Gasteiger partial charge on any atom is -0.310 e. The molecule has 1 aliphatic rings. The molecule has 3 rings (SSSR count). The van der Waals surface area contributed by atoms with Crippen molar-refractivity contribution in [3.63, 3.8) is 0 Å². The van der Waals surface area contributed by atoms with Crippen molar-refractivity contribution < 1.29 is 4.79 Å². The summed E-state index contributed by atoms with van der Waals surface area (Å²) >= 11 is 1.52. The van der Waals surface area contributed by atoms with Crippen LogP contribution in [0.5, 0.6) is 0 Å². The summed E-state index contributed by atoms with van der Waals surface area (Å²) in [4.78, 5) is 11.9. The number of aromatic nitrogens is 2. The Bertz CT molecular complexity index is 622. The average molecular weight is 287 g/mol. The summed E-state index contributed by atoms with van der Waals surface area (Å²) in [5, 5.41) is 7.70. The standard InChI is InChI=1S/C15H17N3OS/c1-20-10-14(19)16-15-12-8-5-9-13(12)17-18(15)11-6-3-2-4-7-11/h2-4,6-7H,5,8-10H2,1H3,(H,16,19). The Labute approximate surface area is 122 Å². The number of amides is 1. The van der Waals surface area contributed by atoms with Gasteiger partial charge in [-0.25, -0.2) is 4.68 Å². The summed E-state index contributed by atoms with van der Waals surface area (Å²) in [6, 6.07) is 9.96. The normalized spacial score (nSPS) is 13.2. The molecule has 0 spiro atoms. The molecule has 0 aliphatic heterocycles. The van der Waals surface area contributed by atoms with Crippen LogP contribution >= 0.6 is 11.8 Å². The van der Waals surface area contributed by atoms with E-state index in [2.05, 4.69) is 10.4 Å². The van der Waals surface area contributed by atoms with E-state index in [1.54, 1.807) is 0 Å². The predicted molar refractivity (Wildman–Crippen MR) is 82.6 cm³/mol. The lowest BCUT2D eigenvalue weighted by molar-refractivity contribution is -0.113. The fourth-order valence-electron chi connectivity index (χ4n) is 2.58. The molecule has 1 amide bonds. The number of nitrogens with zero attached hydrogens (tertiary/aromatic N) is 2. The summed E-state index contributed by atoms with van der Waals surface area (Å²) in [7, 11) is 0. The number of nitrogens with one attached hydrogen (secondary N) is 1. The van der Waals surface area contributed by atoms with Crippen LogP contribution in [-0.2, 0) is 17.6 Å². The van der Waals surface area contributed by atoms with Gasteiger partial charge in [-0.15, -0.1) is 0 Å². The lowest BCUT2D eigenvalue weighted by Gasteiger charge is -2.10. The van der Waals surface area contributed by atoms with E-state index in [-0.39, 0.29) is 5.91 Å². The van der Waals surface area contributed by atoms with Crippen LogP contribution in [0.1, 0.15) is 17.7 Å². The van der Waals surface area contributed by atoms with Gasteiger partial charge in [0, 0.05) is 5.56 Å². The minimum absolute atomic E-state index is 0.0317. The number of rotatable bonds is 4. The largest absolute Gasteiger partial charge is 0.310 e. The summed E-state index contributed by atoms with van der Waals surface area (Å²) in [6.07, 6.45) is 5.05. The lowest BCUT2D eigenvalue weighted by Crippen LogP contribution is -2.17. The van der Waals surface area contributed by atoms with Crippen molar-refractivity contribution in [1.82, 2.24) is 9.78 Å². The average Bonchev–Trinajstić information content (AvgIpc) is 3.03. The van der Waals surface area contributed by atoms with Crippen LogP contribution in [0.2, 0.25) is 0 Å². The smallest absolute Gasteiger partial charge is 0.235 e. The molecule has 1 heterocycles. The van der Waals surface area contributed by atoms with Gasteiger partial charge in [0.2, 0.25) is 5.91 Å². The third-order valence-corrected chi connectivity index (χ3v) is 3.99. The number of carbonyl (C=O) groups excluding carboxylic acids is 1. The van der Waals surface area contributed by atoms with Crippen LogP contribution in [0, 0.1) is 0 Å². The summed E-state index contributed by atoms with van der Waals surface area (Å²) < 4.78 is 1.86. The summed E-state index contributed by atoms with van der Waals surface area (Å²) in [5.41, 5.74) is 3.30. The zero-order valence-electron chi connectivity index (χ0n) is 11.4. The van der Waals surface area contributed by atoms with Gasteiger partial charge in [-0.1, -0.05) is 18.2 Å². The first-order valence-electron chi connectivity index (χ1n) is 6.74. The Morgan fingerprint density at radius 3 is 2.90 bits per heavy atom. The first-order chi connectivity index (χ1) is 9.79. The number of hydrogen-bond acceptors (Lipinski definition) is 3. The van der Waals surface area contributed by atoms with E-state index in [1.165, 1.54) is 17.3 Å². The van der Waals surface area contributed by atoms with Crippen molar-refractivity contribution in [2.75, 3.05) is 17.3 Å². The first-order valence-corrected chi connectivity index (χ1v) is 8.14. The van der Waals surface area contributed by atoms with Gasteiger partial charge in [-0.05, 0) is 37.7 Å². The van der Waals surface area contributed by atoms with Crippen LogP contribution in [0.15, 0.2) is 30.3 Å². The Hall–Kier alpha value is -1.75. The molecule has 104 valence electrons. The molecule has 0 bridgehead atoms. The third-order valence-electron chi connectivity index (χ3n) is 3.44. The topological polar surface area (TPSA) is 46.9 Å². The minimum atomic E-state index is 0.0317. The van der Waals surface area contributed by atoms with Crippen LogP contribution in [-0.4, -0.2) is 27.7 Å². The molecular weight excluding hydrogens is 270 g/mol. The maximum atomic E-state index is 11.9. The molecule has 4 nitrogen and oxygen atoms in total. The lowest BCUT2D eigenvalue weighted by atomic mass is 10.2. The third kappa shape index (κ3) is 2.45.